The van der Waals surface area contributed by atoms with Crippen LogP contribution in [0.1, 0.15) is 40.5 Å². The maximum atomic E-state index is 11.6. The fraction of sp³-hybridized carbons (Fsp3) is 0.727. The fourth-order valence-corrected chi connectivity index (χ4v) is 1.38. The van der Waals surface area contributed by atoms with E-state index >= 15 is 0 Å². The lowest BCUT2D eigenvalue weighted by atomic mass is 9.88. The van der Waals surface area contributed by atoms with Gasteiger partial charge in [0.1, 0.15) is 0 Å². The summed E-state index contributed by atoms with van der Waals surface area (Å²) in [6.07, 6.45) is -0.142. The van der Waals surface area contributed by atoms with Crippen LogP contribution in [0.25, 0.3) is 0 Å². The largest absolute Gasteiger partial charge is 0.481 e. The number of amides is 2. The molecule has 0 aliphatic carbocycles. The molecule has 0 radical (unpaired) electrons. The minimum Gasteiger partial charge on any atom is -0.481 e. The van der Waals surface area contributed by atoms with E-state index in [9.17, 15) is 14.4 Å². The summed E-state index contributed by atoms with van der Waals surface area (Å²) in [5.74, 6) is -1.98. The molecule has 0 saturated carbocycles. The molecule has 0 atom stereocenters. The van der Waals surface area contributed by atoms with E-state index in [-0.39, 0.29) is 12.8 Å². The lowest BCUT2D eigenvalue weighted by molar-refractivity contribution is -0.149. The number of aliphatic carboxylic acids is 1. The molecular weight excluding hydrogens is 224 g/mol. The van der Waals surface area contributed by atoms with Gasteiger partial charge in [-0.05, 0) is 27.7 Å². The van der Waals surface area contributed by atoms with Gasteiger partial charge in [-0.3, -0.25) is 14.4 Å². The second-order valence-electron chi connectivity index (χ2n) is 5.44. The minimum atomic E-state index is -1.13. The van der Waals surface area contributed by atoms with Gasteiger partial charge in [0.25, 0.3) is 0 Å². The van der Waals surface area contributed by atoms with Crippen molar-refractivity contribution in [1.29, 1.82) is 0 Å². The zero-order valence-corrected chi connectivity index (χ0v) is 10.7. The van der Waals surface area contributed by atoms with Gasteiger partial charge >= 0.3 is 5.97 Å². The smallest absolute Gasteiger partial charge is 0.309 e. The molecule has 0 saturated heterocycles. The first-order valence-electron chi connectivity index (χ1n) is 5.29. The lowest BCUT2D eigenvalue weighted by Gasteiger charge is -2.27. The van der Waals surface area contributed by atoms with Crippen molar-refractivity contribution in [2.45, 2.75) is 46.1 Å². The molecule has 6 heteroatoms. The Balaban J connectivity index is 4.46. The standard InChI is InChI=1S/C11H20N2O4/c1-10(2,9(16)17)6-8(15)13-11(3,4)5-7(12)14/h5-6H2,1-4H3,(H2,12,14)(H,13,15)(H,16,17). The van der Waals surface area contributed by atoms with Gasteiger partial charge in [0.15, 0.2) is 0 Å². The molecule has 0 bridgehead atoms. The number of nitrogens with two attached hydrogens (primary N) is 1. The Kier molecular flexibility index (Phi) is 4.68. The topological polar surface area (TPSA) is 109 Å². The molecule has 4 N–H and O–H groups in total. The van der Waals surface area contributed by atoms with Crippen molar-refractivity contribution in [3.63, 3.8) is 0 Å². The first-order valence-corrected chi connectivity index (χ1v) is 5.29. The fourth-order valence-electron chi connectivity index (χ4n) is 1.38. The van der Waals surface area contributed by atoms with E-state index in [0.717, 1.165) is 0 Å². The summed E-state index contributed by atoms with van der Waals surface area (Å²) < 4.78 is 0. The van der Waals surface area contributed by atoms with Gasteiger partial charge in [-0.25, -0.2) is 0 Å². The Morgan fingerprint density at radius 2 is 1.59 bits per heavy atom. The van der Waals surface area contributed by atoms with Gasteiger partial charge in [-0.15, -0.1) is 0 Å². The van der Waals surface area contributed by atoms with Crippen LogP contribution in [-0.2, 0) is 14.4 Å². The number of carbonyl (C=O) groups excluding carboxylic acids is 2. The Labute approximate surface area is 101 Å². The Hall–Kier alpha value is -1.59. The maximum Gasteiger partial charge on any atom is 0.309 e. The molecule has 0 unspecified atom stereocenters. The van der Waals surface area contributed by atoms with Gasteiger partial charge in [0.2, 0.25) is 11.8 Å². The van der Waals surface area contributed by atoms with Gasteiger partial charge in [0, 0.05) is 18.4 Å². The average molecular weight is 244 g/mol. The molecule has 17 heavy (non-hydrogen) atoms. The molecule has 0 heterocycles. The SMILES string of the molecule is CC(C)(CC(N)=O)NC(=O)CC(C)(C)C(=O)O. The van der Waals surface area contributed by atoms with Crippen molar-refractivity contribution in [3.8, 4) is 0 Å². The van der Waals surface area contributed by atoms with E-state index in [0.29, 0.717) is 0 Å². The number of primary amides is 1. The van der Waals surface area contributed by atoms with Crippen molar-refractivity contribution in [2.75, 3.05) is 0 Å². The van der Waals surface area contributed by atoms with Crippen LogP contribution in [0.4, 0.5) is 0 Å². The molecule has 0 rings (SSSR count). The number of carbonyl (C=O) groups is 3. The summed E-state index contributed by atoms with van der Waals surface area (Å²) in [5.41, 5.74) is 3.15. The number of carboxylic acid groups (broad SMARTS) is 1. The molecule has 0 aromatic rings. The van der Waals surface area contributed by atoms with Crippen LogP contribution in [0.15, 0.2) is 0 Å². The summed E-state index contributed by atoms with van der Waals surface area (Å²) in [7, 11) is 0. The van der Waals surface area contributed by atoms with Gasteiger partial charge in [-0.1, -0.05) is 0 Å². The molecule has 98 valence electrons. The highest BCUT2D eigenvalue weighted by Crippen LogP contribution is 2.21. The second kappa shape index (κ2) is 5.16. The summed E-state index contributed by atoms with van der Waals surface area (Å²) in [6.45, 7) is 6.25. The number of carboxylic acids is 1. The van der Waals surface area contributed by atoms with Crippen LogP contribution in [0.3, 0.4) is 0 Å². The van der Waals surface area contributed by atoms with Crippen LogP contribution in [0.5, 0.6) is 0 Å². The quantitative estimate of drug-likeness (QED) is 0.622. The predicted molar refractivity (Wildman–Crippen MR) is 62.1 cm³/mol. The molecule has 2 amide bonds. The number of nitrogens with one attached hydrogen (secondary N) is 1. The van der Waals surface area contributed by atoms with Crippen LogP contribution in [-0.4, -0.2) is 28.4 Å². The normalized spacial score (nSPS) is 12.0. The third-order valence-electron chi connectivity index (χ3n) is 2.28. The predicted octanol–water partition coefficient (Wildman–Crippen LogP) is 0.258. The van der Waals surface area contributed by atoms with E-state index in [1.54, 1.807) is 13.8 Å². The van der Waals surface area contributed by atoms with E-state index in [1.165, 1.54) is 13.8 Å². The van der Waals surface area contributed by atoms with Gasteiger partial charge in [0.05, 0.1) is 5.41 Å². The van der Waals surface area contributed by atoms with E-state index in [2.05, 4.69) is 5.32 Å². The first kappa shape index (κ1) is 15.4. The summed E-state index contributed by atoms with van der Waals surface area (Å²) in [6, 6.07) is 0. The van der Waals surface area contributed by atoms with Crippen LogP contribution in [0.2, 0.25) is 0 Å². The van der Waals surface area contributed by atoms with Crippen molar-refractivity contribution in [3.05, 3.63) is 0 Å². The highest BCUT2D eigenvalue weighted by molar-refractivity contribution is 5.85. The monoisotopic (exact) mass is 244 g/mol. The summed E-state index contributed by atoms with van der Waals surface area (Å²) >= 11 is 0. The number of hydrogen-bond donors (Lipinski definition) is 3. The van der Waals surface area contributed by atoms with Crippen molar-refractivity contribution in [2.24, 2.45) is 11.1 Å². The third-order valence-corrected chi connectivity index (χ3v) is 2.28. The first-order chi connectivity index (χ1) is 7.46. The Morgan fingerprint density at radius 3 is 1.94 bits per heavy atom. The third kappa shape index (κ3) is 5.89. The molecular formula is C11H20N2O4. The molecule has 0 fully saturated rings. The maximum absolute atomic E-state index is 11.6. The molecule has 0 aliphatic heterocycles. The Morgan fingerprint density at radius 1 is 1.12 bits per heavy atom. The number of hydrogen-bond acceptors (Lipinski definition) is 3. The molecule has 0 aromatic heterocycles. The minimum absolute atomic E-state index is 0.00619. The molecule has 0 spiro atoms. The van der Waals surface area contributed by atoms with E-state index in [4.69, 9.17) is 10.8 Å². The Bertz CT molecular complexity index is 334. The van der Waals surface area contributed by atoms with Crippen LogP contribution < -0.4 is 11.1 Å². The van der Waals surface area contributed by atoms with Crippen molar-refractivity contribution < 1.29 is 19.5 Å². The van der Waals surface area contributed by atoms with Crippen LogP contribution >= 0.6 is 0 Å². The van der Waals surface area contributed by atoms with Crippen LogP contribution in [0, 0.1) is 5.41 Å². The van der Waals surface area contributed by atoms with Gasteiger partial charge in [-0.2, -0.15) is 0 Å². The zero-order chi connectivity index (χ0) is 13.9. The summed E-state index contributed by atoms with van der Waals surface area (Å²) in [5, 5.41) is 11.5. The lowest BCUT2D eigenvalue weighted by Crippen LogP contribution is -2.47. The summed E-state index contributed by atoms with van der Waals surface area (Å²) in [4.78, 5) is 33.2. The highest BCUT2D eigenvalue weighted by Gasteiger charge is 2.32. The number of rotatable bonds is 6. The van der Waals surface area contributed by atoms with E-state index in [1.807, 2.05) is 0 Å². The highest BCUT2D eigenvalue weighted by atomic mass is 16.4. The molecule has 0 aliphatic rings. The zero-order valence-electron chi connectivity index (χ0n) is 10.7. The van der Waals surface area contributed by atoms with Crippen molar-refractivity contribution in [1.82, 2.24) is 5.32 Å². The average Bonchev–Trinajstić information content (AvgIpc) is 1.96. The van der Waals surface area contributed by atoms with Crippen molar-refractivity contribution >= 4 is 17.8 Å². The molecule has 6 nitrogen and oxygen atoms in total. The van der Waals surface area contributed by atoms with Gasteiger partial charge < -0.3 is 16.2 Å². The van der Waals surface area contributed by atoms with E-state index < -0.39 is 28.7 Å². The molecule has 0 aromatic carbocycles. The second-order valence-corrected chi connectivity index (χ2v) is 5.44.